The Morgan fingerprint density at radius 1 is 1.18 bits per heavy atom. The first-order valence-corrected chi connectivity index (χ1v) is 4.64. The Labute approximate surface area is 73.3 Å². The van der Waals surface area contributed by atoms with Crippen molar-refractivity contribution in [3.05, 3.63) is 0 Å². The monoisotopic (exact) mass is 165 g/mol. The largest absolute Gasteiger partial charge is 0.397 e. The van der Waals surface area contributed by atoms with Gasteiger partial charge in [0, 0.05) is 8.03 Å². The summed E-state index contributed by atoms with van der Waals surface area (Å²) in [6.07, 6.45) is 3.75. The molecule has 2 heteroatoms. The number of aliphatic hydroxyl groups excluding tert-OH is 1. The van der Waals surface area contributed by atoms with Crippen molar-refractivity contribution < 1.29 is 6.53 Å². The van der Waals surface area contributed by atoms with Gasteiger partial charge in [0.05, 0.1) is 0 Å². The Morgan fingerprint density at radius 3 is 1.64 bits per heavy atom. The second kappa shape index (κ2) is 32.6. The van der Waals surface area contributed by atoms with Gasteiger partial charge < -0.3 is 10.8 Å². The van der Waals surface area contributed by atoms with Gasteiger partial charge in [0.15, 0.2) is 0 Å². The number of nitrogens with two attached hydrogens (primary N) is 1. The molecule has 0 spiro atoms. The third kappa shape index (κ3) is 73.0. The van der Waals surface area contributed by atoms with Gasteiger partial charge in [0.2, 0.25) is 0 Å². The maximum atomic E-state index is 7.57. The fourth-order valence-electron chi connectivity index (χ4n) is 0.394. The number of hydrogen-bond acceptors (Lipinski definition) is 2. The van der Waals surface area contributed by atoms with E-state index < -0.39 is 0 Å². The van der Waals surface area contributed by atoms with Gasteiger partial charge in [0.25, 0.3) is 0 Å². The predicted octanol–water partition coefficient (Wildman–Crippen LogP) is 2.41. The van der Waals surface area contributed by atoms with Gasteiger partial charge in [0.1, 0.15) is 0 Å². The Kier molecular flexibility index (Phi) is 50.8. The minimum atomic E-state index is 0. The molecular weight excluding hydrogens is 138 g/mol. The summed E-state index contributed by atoms with van der Waals surface area (Å²) in [7, 11) is 0. The number of rotatable bonds is 3. The van der Waals surface area contributed by atoms with Crippen molar-refractivity contribution in [3.63, 3.8) is 0 Å². The van der Waals surface area contributed by atoms with E-state index >= 15 is 0 Å². The topological polar surface area (TPSA) is 46.2 Å². The first-order chi connectivity index (χ1) is 5.33. The zero-order valence-corrected chi connectivity index (χ0v) is 8.56. The average molecular weight is 165 g/mol. The van der Waals surface area contributed by atoms with Crippen molar-refractivity contribution in [2.45, 2.75) is 47.0 Å². The molecule has 0 aromatic carbocycles. The van der Waals surface area contributed by atoms with Crippen molar-refractivity contribution in [1.29, 1.82) is 0 Å². The molecule has 0 radical (unpaired) electrons. The lowest BCUT2D eigenvalue weighted by Gasteiger charge is -1.86. The van der Waals surface area contributed by atoms with Crippen LogP contribution in [0, 0.1) is 0 Å². The van der Waals surface area contributed by atoms with Crippen LogP contribution in [-0.2, 0) is 0 Å². The highest BCUT2D eigenvalue weighted by molar-refractivity contribution is 4.34. The quantitative estimate of drug-likeness (QED) is 0.631. The molecule has 11 heavy (non-hydrogen) atoms. The Bertz CT molecular complexity index is 33.7. The van der Waals surface area contributed by atoms with Crippen molar-refractivity contribution in [2.24, 2.45) is 5.73 Å². The highest BCUT2D eigenvalue weighted by atomic mass is 16.2. The average Bonchev–Trinajstić information content (AvgIpc) is 2.06. The van der Waals surface area contributed by atoms with Crippen molar-refractivity contribution in [2.75, 3.05) is 13.2 Å². The predicted molar refractivity (Wildman–Crippen MR) is 54.8 cm³/mol. The van der Waals surface area contributed by atoms with Gasteiger partial charge in [-0.2, -0.15) is 0 Å². The second-order valence-corrected chi connectivity index (χ2v) is 1.81. The second-order valence-electron chi connectivity index (χ2n) is 1.81. The summed E-state index contributed by atoms with van der Waals surface area (Å²) in [4.78, 5) is 0. The van der Waals surface area contributed by atoms with Gasteiger partial charge in [-0.3, -0.25) is 0 Å². The molecule has 0 aliphatic carbocycles. The van der Waals surface area contributed by atoms with E-state index in [2.05, 4.69) is 6.92 Å². The van der Waals surface area contributed by atoms with E-state index in [9.17, 15) is 0 Å². The Balaban J connectivity index is -0.0000000462. The molecule has 2 nitrogen and oxygen atoms in total. The lowest BCUT2D eigenvalue weighted by Crippen LogP contribution is -1.96. The molecule has 74 valence electrons. The molecule has 0 atom stereocenters. The van der Waals surface area contributed by atoms with Crippen LogP contribution in [0.3, 0.4) is 0 Å². The van der Waals surface area contributed by atoms with E-state index in [0.717, 1.165) is 6.54 Å². The minimum Gasteiger partial charge on any atom is -0.397 e. The van der Waals surface area contributed by atoms with Crippen LogP contribution in [0.15, 0.2) is 0 Å². The van der Waals surface area contributed by atoms with Crippen LogP contribution in [0.5, 0.6) is 0 Å². The Hall–Kier alpha value is -0.0800. The normalized spacial score (nSPS) is 7.09. The highest BCUT2D eigenvalue weighted by Gasteiger charge is 1.75. The minimum absolute atomic E-state index is 0. The first kappa shape index (κ1) is 17.1. The lowest BCUT2D eigenvalue weighted by molar-refractivity contribution is 0.318. The summed E-state index contributed by atoms with van der Waals surface area (Å²) >= 11 is 0. The van der Waals surface area contributed by atoms with Gasteiger partial charge >= 0.3 is 0 Å². The summed E-state index contributed by atoms with van der Waals surface area (Å²) in [5.74, 6) is 0. The van der Waals surface area contributed by atoms with Gasteiger partial charge in [-0.05, 0) is 19.9 Å². The highest BCUT2D eigenvalue weighted by Crippen LogP contribution is 1.88. The van der Waals surface area contributed by atoms with E-state index in [4.69, 9.17) is 10.8 Å². The smallest absolute Gasteiger partial charge is 0.0402 e. The molecular formula is C9H27NO. The third-order valence-electron chi connectivity index (χ3n) is 0.808. The van der Waals surface area contributed by atoms with Crippen LogP contribution in [0.1, 0.15) is 48.4 Å². The van der Waals surface area contributed by atoms with Crippen LogP contribution < -0.4 is 5.73 Å². The SMILES string of the molecule is CC.CCCCCN.CCO.[HH]. The molecule has 0 bridgehead atoms. The fraction of sp³-hybridized carbons (Fsp3) is 1.00. The van der Waals surface area contributed by atoms with Crippen LogP contribution in [-0.4, -0.2) is 18.3 Å². The number of unbranched alkanes of at least 4 members (excludes halogenated alkanes) is 2. The lowest BCUT2D eigenvalue weighted by atomic mass is 10.3. The molecule has 0 rings (SSSR count). The van der Waals surface area contributed by atoms with E-state index in [-0.39, 0.29) is 8.03 Å². The van der Waals surface area contributed by atoms with Crippen molar-refractivity contribution >= 4 is 0 Å². The maximum Gasteiger partial charge on any atom is 0.0402 e. The maximum absolute atomic E-state index is 7.57. The standard InChI is InChI=1S/C5H13N.C2H6O.C2H6.H2/c1-2-3-4-5-6;1-2-3;1-2;/h2-6H2,1H3;3H,2H2,1H3;1-2H3;1H. The van der Waals surface area contributed by atoms with Crippen molar-refractivity contribution in [3.8, 4) is 0 Å². The molecule has 3 N–H and O–H groups in total. The molecule has 0 saturated heterocycles. The molecule has 0 aromatic rings. The van der Waals surface area contributed by atoms with Crippen LogP contribution in [0.2, 0.25) is 0 Å². The van der Waals surface area contributed by atoms with E-state index in [1.54, 1.807) is 6.92 Å². The van der Waals surface area contributed by atoms with Crippen LogP contribution >= 0.6 is 0 Å². The number of aliphatic hydroxyl groups is 1. The molecule has 0 amide bonds. The van der Waals surface area contributed by atoms with Crippen LogP contribution in [0.25, 0.3) is 0 Å². The molecule has 0 aromatic heterocycles. The van der Waals surface area contributed by atoms with Gasteiger partial charge in [-0.15, -0.1) is 0 Å². The zero-order valence-electron chi connectivity index (χ0n) is 8.56. The molecule has 0 aliphatic heterocycles. The molecule has 0 fully saturated rings. The first-order valence-electron chi connectivity index (χ1n) is 4.64. The molecule has 0 aliphatic rings. The van der Waals surface area contributed by atoms with E-state index in [0.29, 0.717) is 0 Å². The van der Waals surface area contributed by atoms with Gasteiger partial charge in [-0.1, -0.05) is 33.6 Å². The van der Waals surface area contributed by atoms with Gasteiger partial charge in [-0.25, -0.2) is 0 Å². The fourth-order valence-corrected chi connectivity index (χ4v) is 0.394. The summed E-state index contributed by atoms with van der Waals surface area (Å²) < 4.78 is 0. The Morgan fingerprint density at radius 2 is 1.55 bits per heavy atom. The third-order valence-corrected chi connectivity index (χ3v) is 0.808. The molecule has 0 unspecified atom stereocenters. The number of hydrogen-bond donors (Lipinski definition) is 2. The summed E-state index contributed by atoms with van der Waals surface area (Å²) in [6, 6.07) is 0. The summed E-state index contributed by atoms with van der Waals surface area (Å²) in [5.41, 5.74) is 5.21. The molecule has 0 saturated carbocycles. The van der Waals surface area contributed by atoms with E-state index in [1.807, 2.05) is 13.8 Å². The summed E-state index contributed by atoms with van der Waals surface area (Å²) in [5, 5.41) is 7.57. The van der Waals surface area contributed by atoms with Crippen molar-refractivity contribution in [1.82, 2.24) is 0 Å². The zero-order chi connectivity index (χ0) is 9.54. The van der Waals surface area contributed by atoms with E-state index in [1.165, 1.54) is 19.3 Å². The molecule has 0 heterocycles. The van der Waals surface area contributed by atoms with Crippen LogP contribution in [0.4, 0.5) is 0 Å². The summed E-state index contributed by atoms with van der Waals surface area (Å²) in [6.45, 7) is 8.96.